The second kappa shape index (κ2) is 8.07. The Kier molecular flexibility index (Phi) is 8.01. The van der Waals surface area contributed by atoms with Gasteiger partial charge in [0.2, 0.25) is 5.91 Å². The van der Waals surface area contributed by atoms with Crippen molar-refractivity contribution in [2.75, 3.05) is 6.26 Å². The van der Waals surface area contributed by atoms with Crippen LogP contribution in [0.4, 0.5) is 0 Å². The fraction of sp³-hybridized carbons (Fsp3) is 0.600. The molecule has 1 aliphatic heterocycles. The Morgan fingerprint density at radius 1 is 1.59 bits per heavy atom. The molecule has 2 amide bonds. The SMILES string of the molecule is CSC(C)CCC(=O)ON1C(=O)[CH-]CC1=O.[U]. The molecule has 0 aromatic heterocycles. The van der Waals surface area contributed by atoms with E-state index in [2.05, 4.69) is 4.84 Å². The van der Waals surface area contributed by atoms with Gasteiger partial charge in [-0.3, -0.25) is 11.2 Å². The first-order valence-corrected chi connectivity index (χ1v) is 6.27. The van der Waals surface area contributed by atoms with E-state index in [0.29, 0.717) is 16.7 Å². The van der Waals surface area contributed by atoms with Crippen molar-refractivity contribution in [1.29, 1.82) is 0 Å². The zero-order chi connectivity index (χ0) is 12.1. The van der Waals surface area contributed by atoms with Crippen molar-refractivity contribution in [3.8, 4) is 0 Å². The maximum absolute atomic E-state index is 11.3. The van der Waals surface area contributed by atoms with Crippen LogP contribution < -0.4 is 0 Å². The van der Waals surface area contributed by atoms with Gasteiger partial charge < -0.3 is 9.63 Å². The molecule has 0 aromatic carbocycles. The average Bonchev–Trinajstić information content (AvgIpc) is 2.57. The minimum atomic E-state index is -0.559. The van der Waals surface area contributed by atoms with Gasteiger partial charge >= 0.3 is 5.97 Å². The van der Waals surface area contributed by atoms with Crippen LogP contribution in [-0.2, 0) is 19.2 Å². The van der Waals surface area contributed by atoms with Crippen LogP contribution in [0.2, 0.25) is 0 Å². The Morgan fingerprint density at radius 3 is 2.71 bits per heavy atom. The van der Waals surface area contributed by atoms with Gasteiger partial charge in [-0.2, -0.15) is 11.8 Å². The summed E-state index contributed by atoms with van der Waals surface area (Å²) in [7, 11) is 0. The number of nitrogens with zero attached hydrogens (tertiary/aromatic N) is 1. The summed E-state index contributed by atoms with van der Waals surface area (Å²) >= 11 is 1.65. The van der Waals surface area contributed by atoms with Crippen molar-refractivity contribution in [1.82, 2.24) is 5.06 Å². The van der Waals surface area contributed by atoms with Crippen molar-refractivity contribution in [3.05, 3.63) is 6.42 Å². The van der Waals surface area contributed by atoms with Crippen LogP contribution in [0.3, 0.4) is 0 Å². The van der Waals surface area contributed by atoms with Crippen molar-refractivity contribution in [2.24, 2.45) is 0 Å². The van der Waals surface area contributed by atoms with Gasteiger partial charge in [-0.05, 0) is 12.7 Å². The zero-order valence-electron chi connectivity index (χ0n) is 9.76. The molecule has 17 heavy (non-hydrogen) atoms. The molecule has 0 spiro atoms. The third-order valence-corrected chi connectivity index (χ3v) is 3.27. The number of hydroxylamine groups is 2. The van der Waals surface area contributed by atoms with Crippen LogP contribution in [0, 0.1) is 37.5 Å². The molecule has 1 fully saturated rings. The largest absolute Gasteiger partial charge is 0.333 e. The minimum Gasteiger partial charge on any atom is -0.333 e. The van der Waals surface area contributed by atoms with Gasteiger partial charge in [0.05, 0.1) is 0 Å². The number of amides is 2. The van der Waals surface area contributed by atoms with E-state index in [9.17, 15) is 14.4 Å². The summed E-state index contributed by atoms with van der Waals surface area (Å²) < 4.78 is 0. The molecule has 1 atom stereocenters. The molecule has 0 radical (unpaired) electrons. The van der Waals surface area contributed by atoms with E-state index in [1.54, 1.807) is 11.8 Å². The Labute approximate surface area is 128 Å². The standard InChI is InChI=1S/C10H14NO4S.U/c1-7(16-2)3-6-10(14)15-11-8(12)4-5-9(11)13;/h4,7H,3,5-6H2,1-2H3;/q-1;. The first-order chi connectivity index (χ1) is 7.54. The Morgan fingerprint density at radius 2 is 2.24 bits per heavy atom. The number of thioether (sulfide) groups is 1. The third kappa shape index (κ3) is 5.37. The molecule has 0 aliphatic carbocycles. The van der Waals surface area contributed by atoms with Crippen LogP contribution in [0.1, 0.15) is 26.2 Å². The topological polar surface area (TPSA) is 63.7 Å². The predicted molar refractivity (Wildman–Crippen MR) is 59.1 cm³/mol. The summed E-state index contributed by atoms with van der Waals surface area (Å²) in [4.78, 5) is 38.2. The molecule has 5 nitrogen and oxygen atoms in total. The van der Waals surface area contributed by atoms with Crippen molar-refractivity contribution in [3.63, 3.8) is 0 Å². The summed E-state index contributed by atoms with van der Waals surface area (Å²) in [6, 6.07) is 0. The van der Waals surface area contributed by atoms with Crippen LogP contribution in [-0.4, -0.2) is 34.4 Å². The van der Waals surface area contributed by atoms with E-state index in [0.717, 1.165) is 0 Å². The van der Waals surface area contributed by atoms with Gasteiger partial charge in [-0.15, -0.1) is 5.06 Å². The Bertz CT molecular complexity index is 295. The number of hydrogen-bond donors (Lipinski definition) is 0. The first kappa shape index (κ1) is 16.9. The van der Waals surface area contributed by atoms with Gasteiger partial charge in [0.15, 0.2) is 0 Å². The molecule has 1 aliphatic rings. The number of carbonyl (C=O) groups excluding carboxylic acids is 3. The molecule has 0 saturated carbocycles. The van der Waals surface area contributed by atoms with Crippen molar-refractivity contribution < 1.29 is 50.3 Å². The number of imide groups is 1. The van der Waals surface area contributed by atoms with E-state index in [1.165, 1.54) is 6.42 Å². The Hall–Kier alpha value is -0.118. The summed E-state index contributed by atoms with van der Waals surface area (Å²) in [6.45, 7) is 2.00. The number of rotatable bonds is 5. The van der Waals surface area contributed by atoms with Gasteiger partial charge in [0.25, 0.3) is 0 Å². The molecule has 1 heterocycles. The molecular formula is C10H14NO4SU-. The van der Waals surface area contributed by atoms with E-state index >= 15 is 0 Å². The quantitative estimate of drug-likeness (QED) is 0.432. The molecule has 1 unspecified atom stereocenters. The van der Waals surface area contributed by atoms with Crippen LogP contribution in [0.5, 0.6) is 0 Å². The average molecular weight is 482 g/mol. The molecule has 7 heteroatoms. The maximum atomic E-state index is 11.3. The summed E-state index contributed by atoms with van der Waals surface area (Å²) in [5.74, 6) is -1.59. The van der Waals surface area contributed by atoms with Crippen LogP contribution in [0.25, 0.3) is 0 Å². The summed E-state index contributed by atoms with van der Waals surface area (Å²) in [5.41, 5.74) is 0. The fourth-order valence-electron chi connectivity index (χ4n) is 1.15. The van der Waals surface area contributed by atoms with E-state index in [1.807, 2.05) is 13.2 Å². The molecule has 0 aromatic rings. The molecule has 1 rings (SSSR count). The zero-order valence-corrected chi connectivity index (χ0v) is 14.7. The van der Waals surface area contributed by atoms with Crippen molar-refractivity contribution in [2.45, 2.75) is 31.4 Å². The van der Waals surface area contributed by atoms with Gasteiger partial charge in [-0.1, -0.05) is 13.3 Å². The van der Waals surface area contributed by atoms with E-state index in [-0.39, 0.29) is 44.0 Å². The van der Waals surface area contributed by atoms with Gasteiger partial charge in [0.1, 0.15) is 5.91 Å². The summed E-state index contributed by atoms with van der Waals surface area (Å²) in [6.07, 6.45) is 4.03. The van der Waals surface area contributed by atoms with Gasteiger partial charge in [0, 0.05) is 42.8 Å². The van der Waals surface area contributed by atoms with E-state index < -0.39 is 17.8 Å². The van der Waals surface area contributed by atoms with E-state index in [4.69, 9.17) is 0 Å². The molecule has 1 saturated heterocycles. The first-order valence-electron chi connectivity index (χ1n) is 4.98. The minimum absolute atomic E-state index is 0. The van der Waals surface area contributed by atoms with Crippen molar-refractivity contribution >= 4 is 29.5 Å². The predicted octanol–water partition coefficient (Wildman–Crippen LogP) is 0.939. The molecule has 0 bridgehead atoms. The number of hydrogen-bond acceptors (Lipinski definition) is 5. The molecule has 0 N–H and O–H groups in total. The maximum Gasteiger partial charge on any atom is 0.333 e. The van der Waals surface area contributed by atoms with Gasteiger partial charge in [-0.25, -0.2) is 4.79 Å². The monoisotopic (exact) mass is 482 g/mol. The smallest absolute Gasteiger partial charge is 0.333 e. The van der Waals surface area contributed by atoms with Crippen LogP contribution in [0.15, 0.2) is 0 Å². The Balaban J connectivity index is 0.00000256. The number of carbonyl (C=O) groups is 3. The van der Waals surface area contributed by atoms with Crippen LogP contribution >= 0.6 is 11.8 Å². The third-order valence-electron chi connectivity index (χ3n) is 2.23. The normalized spacial score (nSPS) is 16.2. The summed E-state index contributed by atoms with van der Waals surface area (Å²) in [5, 5.41) is 0.885. The molecular weight excluding hydrogens is 468 g/mol. The second-order valence-electron chi connectivity index (χ2n) is 3.48. The second-order valence-corrected chi connectivity index (χ2v) is 4.76. The fourth-order valence-corrected chi connectivity index (χ4v) is 1.50. The molecule has 94 valence electrons.